The lowest BCUT2D eigenvalue weighted by Gasteiger charge is -2.43. The SMILES string of the molecule is CC1CN(c2cc(NN)nc(C3CC3)n2)CC(C)N1C. The van der Waals surface area contributed by atoms with Crippen LogP contribution in [0.4, 0.5) is 11.6 Å². The average molecular weight is 276 g/mol. The Morgan fingerprint density at radius 1 is 1.20 bits per heavy atom. The van der Waals surface area contributed by atoms with Crippen LogP contribution in [-0.4, -0.2) is 47.1 Å². The van der Waals surface area contributed by atoms with Crippen LogP contribution in [0.3, 0.4) is 0 Å². The Hall–Kier alpha value is -1.40. The van der Waals surface area contributed by atoms with E-state index in [9.17, 15) is 0 Å². The van der Waals surface area contributed by atoms with E-state index in [4.69, 9.17) is 10.8 Å². The van der Waals surface area contributed by atoms with Gasteiger partial charge < -0.3 is 10.3 Å². The predicted molar refractivity (Wildman–Crippen MR) is 80.7 cm³/mol. The number of hydrogen-bond acceptors (Lipinski definition) is 6. The van der Waals surface area contributed by atoms with Crippen LogP contribution in [-0.2, 0) is 0 Å². The maximum absolute atomic E-state index is 5.55. The highest BCUT2D eigenvalue weighted by atomic mass is 15.3. The minimum Gasteiger partial charge on any atom is -0.353 e. The highest BCUT2D eigenvalue weighted by Gasteiger charge is 2.30. The van der Waals surface area contributed by atoms with E-state index >= 15 is 0 Å². The van der Waals surface area contributed by atoms with Gasteiger partial charge in [-0.3, -0.25) is 4.90 Å². The number of piperazine rings is 1. The van der Waals surface area contributed by atoms with Crippen molar-refractivity contribution in [3.05, 3.63) is 11.9 Å². The summed E-state index contributed by atoms with van der Waals surface area (Å²) in [7, 11) is 2.19. The molecule has 1 saturated heterocycles. The Morgan fingerprint density at radius 2 is 1.85 bits per heavy atom. The van der Waals surface area contributed by atoms with Crippen molar-refractivity contribution < 1.29 is 0 Å². The summed E-state index contributed by atoms with van der Waals surface area (Å²) in [6, 6.07) is 3.00. The predicted octanol–water partition coefficient (Wildman–Crippen LogP) is 1.17. The second kappa shape index (κ2) is 5.18. The molecule has 1 aromatic heterocycles. The topological polar surface area (TPSA) is 70.3 Å². The third-order valence-electron chi connectivity index (χ3n) is 4.50. The summed E-state index contributed by atoms with van der Waals surface area (Å²) >= 11 is 0. The highest BCUT2D eigenvalue weighted by Crippen LogP contribution is 2.39. The van der Waals surface area contributed by atoms with E-state index in [-0.39, 0.29) is 0 Å². The van der Waals surface area contributed by atoms with Crippen LogP contribution in [0.15, 0.2) is 6.07 Å². The lowest BCUT2D eigenvalue weighted by Crippen LogP contribution is -2.55. The Morgan fingerprint density at radius 3 is 2.40 bits per heavy atom. The zero-order valence-electron chi connectivity index (χ0n) is 12.5. The molecule has 110 valence electrons. The van der Waals surface area contributed by atoms with Crippen molar-refractivity contribution in [2.45, 2.75) is 44.7 Å². The molecule has 0 spiro atoms. The molecular weight excluding hydrogens is 252 g/mol. The number of anilines is 2. The molecule has 2 atom stereocenters. The largest absolute Gasteiger partial charge is 0.353 e. The lowest BCUT2D eigenvalue weighted by molar-refractivity contribution is 0.169. The van der Waals surface area contributed by atoms with Crippen LogP contribution < -0.4 is 16.2 Å². The van der Waals surface area contributed by atoms with E-state index in [0.29, 0.717) is 18.0 Å². The maximum atomic E-state index is 5.55. The van der Waals surface area contributed by atoms with Crippen LogP contribution in [0.25, 0.3) is 0 Å². The Labute approximate surface area is 120 Å². The summed E-state index contributed by atoms with van der Waals surface area (Å²) in [6.07, 6.45) is 2.39. The molecule has 1 aromatic rings. The van der Waals surface area contributed by atoms with Crippen LogP contribution in [0.2, 0.25) is 0 Å². The van der Waals surface area contributed by atoms with Gasteiger partial charge in [0.2, 0.25) is 0 Å². The maximum Gasteiger partial charge on any atom is 0.145 e. The molecule has 6 heteroatoms. The normalized spacial score (nSPS) is 27.7. The minimum atomic E-state index is 0.521. The van der Waals surface area contributed by atoms with Gasteiger partial charge in [0, 0.05) is 37.2 Å². The molecule has 2 heterocycles. The molecule has 3 N–H and O–H groups in total. The first-order chi connectivity index (χ1) is 9.58. The summed E-state index contributed by atoms with van der Waals surface area (Å²) < 4.78 is 0. The quantitative estimate of drug-likeness (QED) is 0.638. The molecular formula is C14H24N6. The van der Waals surface area contributed by atoms with E-state index in [0.717, 1.165) is 30.5 Å². The molecule has 6 nitrogen and oxygen atoms in total. The summed E-state index contributed by atoms with van der Waals surface area (Å²) in [5.74, 6) is 8.74. The first kappa shape index (κ1) is 13.6. The molecule has 2 aliphatic rings. The number of likely N-dealkylation sites (N-methyl/N-ethyl adjacent to an activating group) is 1. The number of nitrogens with one attached hydrogen (secondary N) is 1. The minimum absolute atomic E-state index is 0.521. The summed E-state index contributed by atoms with van der Waals surface area (Å²) in [5.41, 5.74) is 2.67. The molecule has 0 amide bonds. The van der Waals surface area contributed by atoms with Crippen LogP contribution >= 0.6 is 0 Å². The van der Waals surface area contributed by atoms with Crippen molar-refractivity contribution in [1.82, 2.24) is 14.9 Å². The number of aromatic nitrogens is 2. The third kappa shape index (κ3) is 2.58. The van der Waals surface area contributed by atoms with Gasteiger partial charge in [-0.15, -0.1) is 0 Å². The van der Waals surface area contributed by atoms with Crippen molar-refractivity contribution in [3.63, 3.8) is 0 Å². The van der Waals surface area contributed by atoms with Gasteiger partial charge in [-0.05, 0) is 33.7 Å². The Balaban J connectivity index is 1.87. The average Bonchev–Trinajstić information content (AvgIpc) is 3.28. The number of nitrogens with two attached hydrogens (primary N) is 1. The van der Waals surface area contributed by atoms with Crippen molar-refractivity contribution in [3.8, 4) is 0 Å². The molecule has 20 heavy (non-hydrogen) atoms. The summed E-state index contributed by atoms with van der Waals surface area (Å²) in [4.78, 5) is 14.0. The van der Waals surface area contributed by atoms with Gasteiger partial charge in [-0.2, -0.15) is 0 Å². The number of rotatable bonds is 3. The fraction of sp³-hybridized carbons (Fsp3) is 0.714. The van der Waals surface area contributed by atoms with Crippen molar-refractivity contribution in [2.75, 3.05) is 30.5 Å². The van der Waals surface area contributed by atoms with E-state index in [1.165, 1.54) is 12.8 Å². The van der Waals surface area contributed by atoms with E-state index < -0.39 is 0 Å². The summed E-state index contributed by atoms with van der Waals surface area (Å²) in [5, 5.41) is 0. The molecule has 0 aromatic carbocycles. The summed E-state index contributed by atoms with van der Waals surface area (Å²) in [6.45, 7) is 6.50. The molecule has 0 bridgehead atoms. The fourth-order valence-corrected chi connectivity index (χ4v) is 2.80. The second-order valence-electron chi connectivity index (χ2n) is 6.16. The number of hydrazine groups is 1. The zero-order chi connectivity index (χ0) is 14.3. The molecule has 0 radical (unpaired) electrons. The van der Waals surface area contributed by atoms with Crippen LogP contribution in [0.5, 0.6) is 0 Å². The van der Waals surface area contributed by atoms with Crippen LogP contribution in [0, 0.1) is 0 Å². The molecule has 2 fully saturated rings. The van der Waals surface area contributed by atoms with Gasteiger partial charge in [0.15, 0.2) is 0 Å². The van der Waals surface area contributed by atoms with Crippen LogP contribution in [0.1, 0.15) is 38.4 Å². The van der Waals surface area contributed by atoms with Gasteiger partial charge in [-0.1, -0.05) is 0 Å². The molecule has 1 aliphatic heterocycles. The van der Waals surface area contributed by atoms with E-state index in [1.807, 2.05) is 6.07 Å². The Bertz CT molecular complexity index is 475. The van der Waals surface area contributed by atoms with Gasteiger partial charge in [-0.25, -0.2) is 15.8 Å². The Kier molecular flexibility index (Phi) is 3.52. The second-order valence-corrected chi connectivity index (χ2v) is 6.16. The number of nitrogen functional groups attached to an aromatic ring is 1. The lowest BCUT2D eigenvalue weighted by atomic mass is 10.1. The number of nitrogens with zero attached hydrogens (tertiary/aromatic N) is 4. The molecule has 1 saturated carbocycles. The third-order valence-corrected chi connectivity index (χ3v) is 4.50. The number of hydrogen-bond donors (Lipinski definition) is 2. The monoisotopic (exact) mass is 276 g/mol. The zero-order valence-corrected chi connectivity index (χ0v) is 12.5. The van der Waals surface area contributed by atoms with Crippen molar-refractivity contribution >= 4 is 11.6 Å². The van der Waals surface area contributed by atoms with Crippen molar-refractivity contribution in [1.29, 1.82) is 0 Å². The highest BCUT2D eigenvalue weighted by molar-refractivity contribution is 5.50. The van der Waals surface area contributed by atoms with Gasteiger partial charge in [0.1, 0.15) is 17.5 Å². The fourth-order valence-electron chi connectivity index (χ4n) is 2.80. The first-order valence-corrected chi connectivity index (χ1v) is 7.41. The van der Waals surface area contributed by atoms with Gasteiger partial charge in [0.25, 0.3) is 0 Å². The first-order valence-electron chi connectivity index (χ1n) is 7.41. The van der Waals surface area contributed by atoms with Gasteiger partial charge >= 0.3 is 0 Å². The molecule has 1 aliphatic carbocycles. The smallest absolute Gasteiger partial charge is 0.145 e. The van der Waals surface area contributed by atoms with Gasteiger partial charge in [0.05, 0.1) is 0 Å². The van der Waals surface area contributed by atoms with E-state index in [1.54, 1.807) is 0 Å². The van der Waals surface area contributed by atoms with E-state index in [2.05, 4.69) is 41.1 Å². The standard InChI is InChI=1S/C14H24N6/c1-9-7-20(8-10(2)19(9)3)13-6-12(18-15)16-14(17-13)11-4-5-11/h6,9-11H,4-5,7-8,15H2,1-3H3,(H,16,17,18). The molecule has 3 rings (SSSR count). The van der Waals surface area contributed by atoms with Crippen molar-refractivity contribution in [2.24, 2.45) is 5.84 Å². The molecule has 2 unspecified atom stereocenters.